The number of ether oxygens (including phenoxy) is 3. The lowest BCUT2D eigenvalue weighted by Gasteiger charge is -2.31. The number of nitrogens with one attached hydrogen (secondary N) is 3. The van der Waals surface area contributed by atoms with E-state index >= 15 is 4.39 Å². The van der Waals surface area contributed by atoms with Gasteiger partial charge in [0.2, 0.25) is 11.8 Å². The Morgan fingerprint density at radius 3 is 2.59 bits per heavy atom. The van der Waals surface area contributed by atoms with Crippen molar-refractivity contribution in [3.05, 3.63) is 88.2 Å². The topological polar surface area (TPSA) is 227 Å². The van der Waals surface area contributed by atoms with E-state index in [1.165, 1.54) is 24.3 Å². The van der Waals surface area contributed by atoms with Gasteiger partial charge in [-0.2, -0.15) is 0 Å². The molecule has 0 bridgehead atoms. The number of nitrogens with two attached hydrogens (primary N) is 1. The SMILES string of the molecule is CCCSc1nc(NCCN)c2nnn(Cc3ccc(C#CCNC(=O)C4CCN(CCOCC(C)(C)[N+]5=Cc6cc(NC(=O)C7(c8ccc9c(c8)OC(F)(F)O9)CC7)c(F)cc6C5C[C@@H](O)CO)CC4)cc3)c2n1. The van der Waals surface area contributed by atoms with Crippen molar-refractivity contribution in [1.82, 2.24) is 35.2 Å². The van der Waals surface area contributed by atoms with Gasteiger partial charge in [-0.1, -0.05) is 53.9 Å². The summed E-state index contributed by atoms with van der Waals surface area (Å²) in [6.07, 6.45) is 0.369. The number of likely N-dealkylation sites (tertiary alicyclic amines) is 1. The van der Waals surface area contributed by atoms with Gasteiger partial charge in [0.1, 0.15) is 12.4 Å². The molecule has 3 aliphatic heterocycles. The third-order valence-electron chi connectivity index (χ3n) is 14.0. The van der Waals surface area contributed by atoms with Gasteiger partial charge in [-0.05, 0) is 92.7 Å². The molecule has 75 heavy (non-hydrogen) atoms. The number of aromatic nitrogens is 5. The van der Waals surface area contributed by atoms with Crippen LogP contribution in [0.2, 0.25) is 0 Å². The molecule has 5 aromatic rings. The Morgan fingerprint density at radius 1 is 1.08 bits per heavy atom. The number of alkyl halides is 2. The number of amides is 2. The monoisotopic (exact) mass is 1050 g/mol. The number of carbonyl (C=O) groups is 2. The molecule has 2 fully saturated rings. The van der Waals surface area contributed by atoms with Crippen molar-refractivity contribution in [1.29, 1.82) is 0 Å². The summed E-state index contributed by atoms with van der Waals surface area (Å²) in [4.78, 5) is 38.5. The number of nitrogens with zero attached hydrogens (tertiary/aromatic N) is 7. The van der Waals surface area contributed by atoms with Crippen molar-refractivity contribution in [2.24, 2.45) is 11.7 Å². The number of halogens is 3. The van der Waals surface area contributed by atoms with E-state index in [2.05, 4.69) is 64.4 Å². The quantitative estimate of drug-likeness (QED) is 0.0173. The number of fused-ring (bicyclic) bond motifs is 3. The Hall–Kier alpha value is -6.35. The van der Waals surface area contributed by atoms with Crippen LogP contribution in [0, 0.1) is 23.6 Å². The van der Waals surface area contributed by atoms with Gasteiger partial charge in [-0.15, -0.1) is 13.9 Å². The highest BCUT2D eigenvalue weighted by atomic mass is 32.2. The molecule has 0 radical (unpaired) electrons. The molecule has 2 atom stereocenters. The standard InChI is InChI=1S/C53H62F3N11O7S/c1-4-24-75-50-61-46(58-19-17-57)45-47(62-50)67(64-63-45)29-34-9-7-33(8-10-34)6-5-18-59-48(70)35-13-20-65(21-14-35)22-23-72-32-51(2,3)66-30-36-25-41(40(54)28-39(36)42(66)27-38(69)31-68)60-49(71)52(15-16-52)37-11-12-43-44(26-37)74-53(55,56)73-43/h7-12,25-26,28,30,35,38,42,68-69H,4,13-24,27,29,31-32,57H2,1-3H3,(H2-,58,59,60,61,62,64,70,71)/p+1/t38-,42?/m1/s1. The van der Waals surface area contributed by atoms with E-state index in [4.69, 9.17) is 15.5 Å². The molecule has 0 spiro atoms. The molecule has 2 amide bonds. The van der Waals surface area contributed by atoms with Crippen molar-refractivity contribution < 1.29 is 51.8 Å². The molecule has 5 heterocycles. The highest BCUT2D eigenvalue weighted by molar-refractivity contribution is 7.99. The van der Waals surface area contributed by atoms with Crippen LogP contribution in [0.5, 0.6) is 11.5 Å². The summed E-state index contributed by atoms with van der Waals surface area (Å²) in [6, 6.07) is 14.5. The minimum Gasteiger partial charge on any atom is -0.395 e. The number of thioether (sulfide) groups is 1. The number of anilines is 2. The molecule has 9 rings (SSSR count). The van der Waals surface area contributed by atoms with Crippen LogP contribution in [0.15, 0.2) is 59.8 Å². The van der Waals surface area contributed by atoms with Crippen molar-refractivity contribution >= 4 is 52.5 Å². The van der Waals surface area contributed by atoms with Gasteiger partial charge < -0.3 is 51.0 Å². The molecule has 1 aliphatic carbocycles. The van der Waals surface area contributed by atoms with E-state index in [-0.39, 0.29) is 48.6 Å². The Balaban J connectivity index is 0.725. The second-order valence-corrected chi connectivity index (χ2v) is 21.0. The predicted molar refractivity (Wildman–Crippen MR) is 276 cm³/mol. The first-order valence-electron chi connectivity index (χ1n) is 25.4. The van der Waals surface area contributed by atoms with E-state index in [0.29, 0.717) is 97.3 Å². The number of piperidine rings is 1. The van der Waals surface area contributed by atoms with Crippen LogP contribution in [0.25, 0.3) is 11.2 Å². The first-order valence-corrected chi connectivity index (χ1v) is 26.4. The molecular weight excluding hydrogens is 992 g/mol. The number of benzene rings is 3. The molecule has 4 aliphatic rings. The summed E-state index contributed by atoms with van der Waals surface area (Å²) >= 11 is 1.59. The number of hydrogen-bond donors (Lipinski definition) is 6. The lowest BCUT2D eigenvalue weighted by molar-refractivity contribution is -0.637. The van der Waals surface area contributed by atoms with Gasteiger partial charge in [0.05, 0.1) is 43.5 Å². The third kappa shape index (κ3) is 12.4. The fourth-order valence-electron chi connectivity index (χ4n) is 9.73. The Kier molecular flexibility index (Phi) is 16.3. The Labute approximate surface area is 437 Å². The number of rotatable bonds is 22. The molecule has 398 valence electrons. The third-order valence-corrected chi connectivity index (χ3v) is 15.0. The maximum Gasteiger partial charge on any atom is 0.586 e. The predicted octanol–water partition coefficient (Wildman–Crippen LogP) is 5.18. The summed E-state index contributed by atoms with van der Waals surface area (Å²) in [5.41, 5.74) is 8.71. The molecule has 1 saturated carbocycles. The fourth-order valence-corrected chi connectivity index (χ4v) is 10.4. The van der Waals surface area contributed by atoms with Crippen LogP contribution in [-0.4, -0.2) is 145 Å². The lowest BCUT2D eigenvalue weighted by Crippen LogP contribution is -2.44. The molecule has 1 unspecified atom stereocenters. The van der Waals surface area contributed by atoms with Gasteiger partial charge in [-0.3, -0.25) is 9.59 Å². The normalized spacial score (nSPS) is 18.0. The summed E-state index contributed by atoms with van der Waals surface area (Å²) in [5.74, 6) is 6.14. The van der Waals surface area contributed by atoms with Crippen LogP contribution < -0.4 is 31.2 Å². The first-order chi connectivity index (χ1) is 36.1. The van der Waals surface area contributed by atoms with Crippen molar-refractivity contribution in [2.45, 2.75) is 100 Å². The fraction of sp³-hybridized carbons (Fsp3) is 0.491. The van der Waals surface area contributed by atoms with Gasteiger partial charge in [0, 0.05) is 68.3 Å². The first kappa shape index (κ1) is 53.5. The molecule has 22 heteroatoms. The average Bonchev–Trinajstić information content (AvgIpc) is 3.88. The minimum atomic E-state index is -3.80. The van der Waals surface area contributed by atoms with E-state index in [9.17, 15) is 28.6 Å². The largest absolute Gasteiger partial charge is 0.586 e. The summed E-state index contributed by atoms with van der Waals surface area (Å²) < 4.78 is 62.4. The van der Waals surface area contributed by atoms with Crippen molar-refractivity contribution in [3.8, 4) is 23.3 Å². The van der Waals surface area contributed by atoms with E-state index in [0.717, 1.165) is 36.4 Å². The lowest BCUT2D eigenvalue weighted by atomic mass is 9.93. The Morgan fingerprint density at radius 2 is 1.85 bits per heavy atom. The Bertz CT molecular complexity index is 2990. The van der Waals surface area contributed by atoms with Crippen LogP contribution in [0.4, 0.5) is 24.7 Å². The summed E-state index contributed by atoms with van der Waals surface area (Å²) in [7, 11) is 0. The number of aliphatic hydroxyl groups excluding tert-OH is 2. The highest BCUT2D eigenvalue weighted by Crippen LogP contribution is 2.52. The van der Waals surface area contributed by atoms with Gasteiger partial charge in [0.15, 0.2) is 51.4 Å². The number of carbonyl (C=O) groups excluding carboxylic acids is 2. The van der Waals surface area contributed by atoms with Crippen molar-refractivity contribution in [2.75, 3.05) is 75.5 Å². The summed E-state index contributed by atoms with van der Waals surface area (Å²) in [6.45, 7) is 10.2. The van der Waals surface area contributed by atoms with Crippen LogP contribution in [0.1, 0.15) is 93.2 Å². The second kappa shape index (κ2) is 22.9. The van der Waals surface area contributed by atoms with Crippen molar-refractivity contribution in [3.63, 3.8) is 0 Å². The van der Waals surface area contributed by atoms with Gasteiger partial charge in [0.25, 0.3) is 0 Å². The summed E-state index contributed by atoms with van der Waals surface area (Å²) in [5, 5.41) is 38.7. The molecule has 3 aromatic carbocycles. The zero-order valence-corrected chi connectivity index (χ0v) is 43.0. The molecule has 18 nitrogen and oxygen atoms in total. The van der Waals surface area contributed by atoms with Crippen LogP contribution in [0.3, 0.4) is 0 Å². The average molecular weight is 1060 g/mol. The highest BCUT2D eigenvalue weighted by Gasteiger charge is 2.53. The smallest absolute Gasteiger partial charge is 0.395 e. The maximum atomic E-state index is 15.9. The van der Waals surface area contributed by atoms with E-state index < -0.39 is 47.7 Å². The number of aliphatic hydroxyl groups is 2. The molecular formula is C53H63F3N11O7S+. The van der Waals surface area contributed by atoms with Crippen LogP contribution in [-0.2, 0) is 26.3 Å². The van der Waals surface area contributed by atoms with E-state index in [1.54, 1.807) is 22.5 Å². The molecule has 2 aromatic heterocycles. The van der Waals surface area contributed by atoms with Crippen LogP contribution >= 0.6 is 11.8 Å². The molecule has 7 N–H and O–H groups in total. The second-order valence-electron chi connectivity index (χ2n) is 20.0. The minimum absolute atomic E-state index is 0.0123. The van der Waals surface area contributed by atoms with Gasteiger partial charge >= 0.3 is 6.29 Å². The number of hydrogen-bond acceptors (Lipinski definition) is 15. The molecule has 1 saturated heterocycles. The van der Waals surface area contributed by atoms with E-state index in [1.807, 2.05) is 48.9 Å². The van der Waals surface area contributed by atoms with Gasteiger partial charge in [-0.25, -0.2) is 23.6 Å². The maximum absolute atomic E-state index is 15.9. The zero-order chi connectivity index (χ0) is 52.9. The zero-order valence-electron chi connectivity index (χ0n) is 42.2.